The van der Waals surface area contributed by atoms with Crippen LogP contribution in [0.15, 0.2) is 48.7 Å². The summed E-state index contributed by atoms with van der Waals surface area (Å²) in [5.74, 6) is -0.484. The minimum atomic E-state index is -0.253. The summed E-state index contributed by atoms with van der Waals surface area (Å²) in [5.41, 5.74) is 3.51. The van der Waals surface area contributed by atoms with E-state index in [1.807, 2.05) is 44.2 Å². The number of anilines is 1. The molecule has 0 atom stereocenters. The summed E-state index contributed by atoms with van der Waals surface area (Å²) >= 11 is 0. The van der Waals surface area contributed by atoms with Crippen LogP contribution in [0.1, 0.15) is 16.8 Å². The molecule has 0 radical (unpaired) electrons. The molecule has 1 aromatic carbocycles. The van der Waals surface area contributed by atoms with Crippen LogP contribution in [0.5, 0.6) is 0 Å². The molecule has 0 unspecified atom stereocenters. The molecular formula is C19H21N3O2. The molecule has 1 heterocycles. The van der Waals surface area contributed by atoms with Crippen molar-refractivity contribution < 1.29 is 9.59 Å². The highest BCUT2D eigenvalue weighted by atomic mass is 16.2. The van der Waals surface area contributed by atoms with Gasteiger partial charge in [0.2, 0.25) is 11.8 Å². The summed E-state index contributed by atoms with van der Waals surface area (Å²) in [4.78, 5) is 29.6. The molecule has 5 nitrogen and oxygen atoms in total. The Balaban J connectivity index is 1.92. The maximum Gasteiger partial charge on any atom is 0.246 e. The van der Waals surface area contributed by atoms with Gasteiger partial charge in [0.25, 0.3) is 0 Å². The highest BCUT2D eigenvalue weighted by Gasteiger charge is 2.11. The fourth-order valence-electron chi connectivity index (χ4n) is 2.11. The van der Waals surface area contributed by atoms with E-state index in [1.165, 1.54) is 11.0 Å². The minimum Gasteiger partial charge on any atom is -0.333 e. The minimum absolute atomic E-state index is 0.0151. The van der Waals surface area contributed by atoms with Crippen LogP contribution in [-0.2, 0) is 9.59 Å². The molecule has 0 aliphatic rings. The lowest BCUT2D eigenvalue weighted by Crippen LogP contribution is -2.34. The summed E-state index contributed by atoms with van der Waals surface area (Å²) in [6, 6.07) is 11.3. The number of likely N-dealkylation sites (N-methyl/N-ethyl adjacent to an activating group) is 1. The number of pyridine rings is 1. The van der Waals surface area contributed by atoms with Gasteiger partial charge in [-0.1, -0.05) is 18.2 Å². The molecule has 0 aliphatic heterocycles. The Bertz CT molecular complexity index is 754. The van der Waals surface area contributed by atoms with Crippen molar-refractivity contribution in [2.45, 2.75) is 13.8 Å². The van der Waals surface area contributed by atoms with Gasteiger partial charge in [-0.05, 0) is 49.2 Å². The van der Waals surface area contributed by atoms with Crippen LogP contribution in [0, 0.1) is 13.8 Å². The number of rotatable bonds is 5. The Morgan fingerprint density at radius 1 is 1.21 bits per heavy atom. The number of nitrogens with one attached hydrogen (secondary N) is 1. The molecule has 0 fully saturated rings. The summed E-state index contributed by atoms with van der Waals surface area (Å²) in [7, 11) is 1.59. The first kappa shape index (κ1) is 17.4. The molecule has 2 aromatic rings. The zero-order valence-corrected chi connectivity index (χ0v) is 14.1. The highest BCUT2D eigenvalue weighted by Crippen LogP contribution is 2.16. The Labute approximate surface area is 142 Å². The van der Waals surface area contributed by atoms with E-state index >= 15 is 0 Å². The molecule has 2 amide bonds. The van der Waals surface area contributed by atoms with Crippen molar-refractivity contribution in [2.75, 3.05) is 18.9 Å². The molecule has 0 saturated carbocycles. The van der Waals surface area contributed by atoms with Crippen LogP contribution in [0.2, 0.25) is 0 Å². The van der Waals surface area contributed by atoms with Crippen molar-refractivity contribution in [1.82, 2.24) is 9.88 Å². The summed E-state index contributed by atoms with van der Waals surface area (Å²) in [6.07, 6.45) is 4.69. The predicted octanol–water partition coefficient (Wildman–Crippen LogP) is 2.81. The average Bonchev–Trinajstić information content (AvgIpc) is 2.56. The fourth-order valence-corrected chi connectivity index (χ4v) is 2.11. The molecule has 5 heteroatoms. The third-order valence-corrected chi connectivity index (χ3v) is 3.51. The van der Waals surface area contributed by atoms with Crippen LogP contribution in [0.4, 0.5) is 5.69 Å². The first-order valence-electron chi connectivity index (χ1n) is 7.67. The van der Waals surface area contributed by atoms with Gasteiger partial charge >= 0.3 is 0 Å². The zero-order chi connectivity index (χ0) is 17.5. The van der Waals surface area contributed by atoms with Gasteiger partial charge in [0, 0.05) is 25.0 Å². The number of carbonyl (C=O) groups is 2. The Kier molecular flexibility index (Phi) is 5.84. The van der Waals surface area contributed by atoms with Crippen LogP contribution < -0.4 is 5.32 Å². The summed E-state index contributed by atoms with van der Waals surface area (Å²) in [6.45, 7) is 3.88. The number of benzene rings is 1. The molecule has 1 aromatic heterocycles. The SMILES string of the molecule is Cc1ccc(C)c(NC(=O)CN(C)C(=O)/C=C\c2ccccn2)c1. The van der Waals surface area contributed by atoms with E-state index in [4.69, 9.17) is 0 Å². The quantitative estimate of drug-likeness (QED) is 0.861. The molecule has 0 spiro atoms. The van der Waals surface area contributed by atoms with Crippen LogP contribution in [0.3, 0.4) is 0 Å². The van der Waals surface area contributed by atoms with E-state index in [0.29, 0.717) is 5.69 Å². The van der Waals surface area contributed by atoms with Crippen molar-refractivity contribution in [3.63, 3.8) is 0 Å². The average molecular weight is 323 g/mol. The lowest BCUT2D eigenvalue weighted by atomic mass is 10.1. The Morgan fingerprint density at radius 3 is 2.71 bits per heavy atom. The van der Waals surface area contributed by atoms with E-state index < -0.39 is 0 Å². The topological polar surface area (TPSA) is 62.3 Å². The normalized spacial score (nSPS) is 10.6. The van der Waals surface area contributed by atoms with Gasteiger partial charge in [0.05, 0.1) is 12.2 Å². The maximum absolute atomic E-state index is 12.1. The fraction of sp³-hybridized carbons (Fsp3) is 0.211. The van der Waals surface area contributed by atoms with Gasteiger partial charge in [0.15, 0.2) is 0 Å². The molecule has 124 valence electrons. The zero-order valence-electron chi connectivity index (χ0n) is 14.1. The van der Waals surface area contributed by atoms with Crippen molar-refractivity contribution in [2.24, 2.45) is 0 Å². The molecular weight excluding hydrogens is 302 g/mol. The van der Waals surface area contributed by atoms with E-state index in [2.05, 4.69) is 10.3 Å². The van der Waals surface area contributed by atoms with Crippen molar-refractivity contribution >= 4 is 23.6 Å². The second-order valence-corrected chi connectivity index (χ2v) is 5.65. The summed E-state index contributed by atoms with van der Waals surface area (Å²) < 4.78 is 0. The molecule has 2 rings (SSSR count). The van der Waals surface area contributed by atoms with Gasteiger partial charge in [-0.15, -0.1) is 0 Å². The number of hydrogen-bond acceptors (Lipinski definition) is 3. The van der Waals surface area contributed by atoms with E-state index in [1.54, 1.807) is 25.4 Å². The van der Waals surface area contributed by atoms with E-state index in [9.17, 15) is 9.59 Å². The number of aryl methyl sites for hydroxylation is 2. The van der Waals surface area contributed by atoms with Crippen molar-refractivity contribution in [3.8, 4) is 0 Å². The van der Waals surface area contributed by atoms with Gasteiger partial charge in [-0.25, -0.2) is 0 Å². The largest absolute Gasteiger partial charge is 0.333 e. The smallest absolute Gasteiger partial charge is 0.246 e. The van der Waals surface area contributed by atoms with Gasteiger partial charge in [0.1, 0.15) is 0 Å². The number of carbonyl (C=O) groups excluding carboxylic acids is 2. The van der Waals surface area contributed by atoms with Crippen LogP contribution in [0.25, 0.3) is 6.08 Å². The van der Waals surface area contributed by atoms with Crippen LogP contribution >= 0.6 is 0 Å². The van der Waals surface area contributed by atoms with Gasteiger partial charge < -0.3 is 10.2 Å². The summed E-state index contributed by atoms with van der Waals surface area (Å²) in [5, 5.41) is 2.84. The monoisotopic (exact) mass is 323 g/mol. The second kappa shape index (κ2) is 8.06. The second-order valence-electron chi connectivity index (χ2n) is 5.65. The lowest BCUT2D eigenvalue weighted by molar-refractivity contribution is -0.129. The molecule has 0 bridgehead atoms. The first-order valence-corrected chi connectivity index (χ1v) is 7.67. The number of aromatic nitrogens is 1. The molecule has 0 saturated heterocycles. The van der Waals surface area contributed by atoms with Crippen LogP contribution in [-0.4, -0.2) is 35.3 Å². The Morgan fingerprint density at radius 2 is 2.00 bits per heavy atom. The number of nitrogens with zero attached hydrogens (tertiary/aromatic N) is 2. The van der Waals surface area contributed by atoms with Gasteiger partial charge in [-0.2, -0.15) is 0 Å². The number of hydrogen-bond donors (Lipinski definition) is 1. The van der Waals surface area contributed by atoms with Crippen molar-refractivity contribution in [3.05, 3.63) is 65.5 Å². The lowest BCUT2D eigenvalue weighted by Gasteiger charge is -2.16. The highest BCUT2D eigenvalue weighted by molar-refractivity contribution is 5.98. The first-order chi connectivity index (χ1) is 11.5. The molecule has 1 N–H and O–H groups in total. The third-order valence-electron chi connectivity index (χ3n) is 3.51. The van der Waals surface area contributed by atoms with Crippen molar-refractivity contribution in [1.29, 1.82) is 0 Å². The maximum atomic E-state index is 12.1. The molecule has 24 heavy (non-hydrogen) atoms. The number of amides is 2. The van der Waals surface area contributed by atoms with Gasteiger partial charge in [-0.3, -0.25) is 14.6 Å². The van der Waals surface area contributed by atoms with E-state index in [-0.39, 0.29) is 18.4 Å². The predicted molar refractivity (Wildman–Crippen MR) is 95.5 cm³/mol. The molecule has 0 aliphatic carbocycles. The van der Waals surface area contributed by atoms with E-state index in [0.717, 1.165) is 16.8 Å². The Hall–Kier alpha value is -2.95. The third kappa shape index (κ3) is 5.05. The standard InChI is InChI=1S/C19H21N3O2/c1-14-7-8-15(2)17(12-14)21-18(23)13-22(3)19(24)10-9-16-6-4-5-11-20-16/h4-12H,13H2,1-3H3,(H,21,23)/b10-9-.